The highest BCUT2D eigenvalue weighted by Gasteiger charge is 2.46. The molecule has 2 aromatic rings. The van der Waals surface area contributed by atoms with Gasteiger partial charge in [-0.3, -0.25) is 4.98 Å². The van der Waals surface area contributed by atoms with Crippen LogP contribution < -0.4 is 5.32 Å². The van der Waals surface area contributed by atoms with E-state index in [0.717, 1.165) is 34.9 Å². The molecule has 3 rings (SSSR count). The molecule has 0 spiro atoms. The van der Waals surface area contributed by atoms with Crippen LogP contribution in [0.15, 0.2) is 24.5 Å². The Kier molecular flexibility index (Phi) is 4.08. The SMILES string of the molecule is Cc1nc(-c2ccncc2)nc(NC2CC(C)(C)OC2(C)C)c1C. The van der Waals surface area contributed by atoms with Gasteiger partial charge in [-0.2, -0.15) is 0 Å². The Morgan fingerprint density at radius 3 is 2.33 bits per heavy atom. The average Bonchev–Trinajstić information content (AvgIpc) is 2.71. The number of rotatable bonds is 3. The van der Waals surface area contributed by atoms with Crippen LogP contribution in [0.4, 0.5) is 5.82 Å². The minimum atomic E-state index is -0.244. The summed E-state index contributed by atoms with van der Waals surface area (Å²) in [5.41, 5.74) is 2.65. The summed E-state index contributed by atoms with van der Waals surface area (Å²) in [4.78, 5) is 13.5. The third-order valence-corrected chi connectivity index (χ3v) is 4.71. The highest BCUT2D eigenvalue weighted by molar-refractivity contribution is 5.59. The standard InChI is InChI=1S/C19H26N4O/c1-12-13(2)21-17(14-7-9-20-10-8-14)23-16(12)22-15-11-18(3,4)24-19(15,5)6/h7-10,15H,11H2,1-6H3,(H,21,22,23). The van der Waals surface area contributed by atoms with Crippen molar-refractivity contribution in [1.82, 2.24) is 15.0 Å². The smallest absolute Gasteiger partial charge is 0.161 e. The normalized spacial score (nSPS) is 21.7. The van der Waals surface area contributed by atoms with Crippen LogP contribution in [0.2, 0.25) is 0 Å². The molecule has 1 aliphatic heterocycles. The number of ether oxygens (including phenoxy) is 1. The molecule has 128 valence electrons. The lowest BCUT2D eigenvalue weighted by Gasteiger charge is -2.28. The number of hydrogen-bond donors (Lipinski definition) is 1. The molecule has 1 unspecified atom stereocenters. The molecule has 24 heavy (non-hydrogen) atoms. The Morgan fingerprint density at radius 2 is 1.75 bits per heavy atom. The number of pyridine rings is 1. The van der Waals surface area contributed by atoms with Crippen molar-refractivity contribution in [3.8, 4) is 11.4 Å². The van der Waals surface area contributed by atoms with Crippen LogP contribution in [0.25, 0.3) is 11.4 Å². The topological polar surface area (TPSA) is 59.9 Å². The van der Waals surface area contributed by atoms with Crippen LogP contribution in [0, 0.1) is 13.8 Å². The molecule has 1 saturated heterocycles. The summed E-state index contributed by atoms with van der Waals surface area (Å²) in [6, 6.07) is 4.06. The van der Waals surface area contributed by atoms with Gasteiger partial charge < -0.3 is 10.1 Å². The van der Waals surface area contributed by atoms with Gasteiger partial charge in [0.2, 0.25) is 0 Å². The van der Waals surface area contributed by atoms with Gasteiger partial charge >= 0.3 is 0 Å². The predicted molar refractivity (Wildman–Crippen MR) is 96.0 cm³/mol. The molecule has 0 aromatic carbocycles. The van der Waals surface area contributed by atoms with Gasteiger partial charge in [0.05, 0.1) is 17.2 Å². The summed E-state index contributed by atoms with van der Waals surface area (Å²) in [5.74, 6) is 1.60. The Morgan fingerprint density at radius 1 is 1.08 bits per heavy atom. The van der Waals surface area contributed by atoms with Crippen molar-refractivity contribution < 1.29 is 4.74 Å². The number of anilines is 1. The summed E-state index contributed by atoms with van der Waals surface area (Å²) in [6.07, 6.45) is 4.46. The molecule has 0 aliphatic carbocycles. The van der Waals surface area contributed by atoms with Crippen LogP contribution in [0.3, 0.4) is 0 Å². The van der Waals surface area contributed by atoms with E-state index >= 15 is 0 Å². The zero-order chi connectivity index (χ0) is 17.5. The second kappa shape index (κ2) is 5.81. The van der Waals surface area contributed by atoms with Crippen LogP contribution in [-0.2, 0) is 4.74 Å². The van der Waals surface area contributed by atoms with E-state index in [1.807, 2.05) is 19.1 Å². The maximum Gasteiger partial charge on any atom is 0.161 e. The lowest BCUT2D eigenvalue weighted by molar-refractivity contribution is -0.0662. The van der Waals surface area contributed by atoms with Gasteiger partial charge in [-0.15, -0.1) is 0 Å². The fourth-order valence-corrected chi connectivity index (χ4v) is 3.35. The fraction of sp³-hybridized carbons (Fsp3) is 0.526. The molecule has 2 aromatic heterocycles. The number of hydrogen-bond acceptors (Lipinski definition) is 5. The van der Waals surface area contributed by atoms with Crippen molar-refractivity contribution in [3.05, 3.63) is 35.8 Å². The van der Waals surface area contributed by atoms with Crippen molar-refractivity contribution in [2.45, 2.75) is 65.2 Å². The predicted octanol–water partition coefficient (Wildman–Crippen LogP) is 3.91. The second-order valence-corrected chi connectivity index (χ2v) is 7.71. The third-order valence-electron chi connectivity index (χ3n) is 4.71. The van der Waals surface area contributed by atoms with Gasteiger partial charge in [0.25, 0.3) is 0 Å². The molecule has 1 N–H and O–H groups in total. The summed E-state index contributed by atoms with van der Waals surface area (Å²) < 4.78 is 6.19. The fourth-order valence-electron chi connectivity index (χ4n) is 3.35. The second-order valence-electron chi connectivity index (χ2n) is 7.71. The maximum absolute atomic E-state index is 6.19. The molecule has 0 radical (unpaired) electrons. The third kappa shape index (κ3) is 3.26. The molecule has 0 saturated carbocycles. The van der Waals surface area contributed by atoms with Gasteiger partial charge in [0.15, 0.2) is 5.82 Å². The minimum absolute atomic E-state index is 0.134. The molecule has 1 fully saturated rings. The van der Waals surface area contributed by atoms with Crippen LogP contribution in [0.1, 0.15) is 45.4 Å². The van der Waals surface area contributed by atoms with Crippen LogP contribution >= 0.6 is 0 Å². The summed E-state index contributed by atoms with van der Waals surface area (Å²) in [7, 11) is 0. The van der Waals surface area contributed by atoms with Crippen LogP contribution in [0.5, 0.6) is 0 Å². The monoisotopic (exact) mass is 326 g/mol. The van der Waals surface area contributed by atoms with Gasteiger partial charge in [-0.25, -0.2) is 9.97 Å². The van der Waals surface area contributed by atoms with Crippen molar-refractivity contribution in [2.75, 3.05) is 5.32 Å². The van der Waals surface area contributed by atoms with E-state index in [9.17, 15) is 0 Å². The van der Waals surface area contributed by atoms with E-state index in [0.29, 0.717) is 0 Å². The Labute approximate surface area is 143 Å². The maximum atomic E-state index is 6.19. The van der Waals surface area contributed by atoms with E-state index in [2.05, 4.69) is 49.9 Å². The summed E-state index contributed by atoms with van der Waals surface area (Å²) >= 11 is 0. The largest absolute Gasteiger partial charge is 0.367 e. The molecule has 3 heterocycles. The molecule has 1 aliphatic rings. The first-order valence-corrected chi connectivity index (χ1v) is 8.40. The number of aromatic nitrogens is 3. The first-order valence-electron chi connectivity index (χ1n) is 8.40. The molecular formula is C19H26N4O. The highest BCUT2D eigenvalue weighted by atomic mass is 16.5. The summed E-state index contributed by atoms with van der Waals surface area (Å²) in [5, 5.41) is 3.61. The lowest BCUT2D eigenvalue weighted by Crippen LogP contribution is -2.38. The summed E-state index contributed by atoms with van der Waals surface area (Å²) in [6.45, 7) is 12.6. The molecule has 5 heteroatoms. The Bertz CT molecular complexity index is 741. The average molecular weight is 326 g/mol. The zero-order valence-corrected chi connectivity index (χ0v) is 15.3. The first kappa shape index (κ1) is 16.8. The van der Waals surface area contributed by atoms with E-state index in [1.54, 1.807) is 12.4 Å². The van der Waals surface area contributed by atoms with Gasteiger partial charge in [0, 0.05) is 29.2 Å². The molecule has 1 atom stereocenters. The quantitative estimate of drug-likeness (QED) is 0.926. The molecule has 0 amide bonds. The van der Waals surface area contributed by atoms with Gasteiger partial charge in [0.1, 0.15) is 5.82 Å². The first-order chi connectivity index (χ1) is 11.2. The number of nitrogens with zero attached hydrogens (tertiary/aromatic N) is 3. The zero-order valence-electron chi connectivity index (χ0n) is 15.3. The van der Waals surface area contributed by atoms with Crippen molar-refractivity contribution in [2.24, 2.45) is 0 Å². The Balaban J connectivity index is 1.95. The molecule has 5 nitrogen and oxygen atoms in total. The van der Waals surface area contributed by atoms with Crippen molar-refractivity contribution in [3.63, 3.8) is 0 Å². The minimum Gasteiger partial charge on any atom is -0.367 e. The molecule has 0 bridgehead atoms. The Hall–Kier alpha value is -2.01. The van der Waals surface area contributed by atoms with Gasteiger partial charge in [-0.1, -0.05) is 0 Å². The molecular weight excluding hydrogens is 300 g/mol. The lowest BCUT2D eigenvalue weighted by atomic mass is 9.94. The van der Waals surface area contributed by atoms with Gasteiger partial charge in [-0.05, 0) is 60.1 Å². The van der Waals surface area contributed by atoms with E-state index in [4.69, 9.17) is 9.72 Å². The van der Waals surface area contributed by atoms with E-state index in [-0.39, 0.29) is 17.2 Å². The number of aryl methyl sites for hydroxylation is 1. The van der Waals surface area contributed by atoms with E-state index < -0.39 is 0 Å². The highest BCUT2D eigenvalue weighted by Crippen LogP contribution is 2.39. The van der Waals surface area contributed by atoms with Crippen LogP contribution in [-0.4, -0.2) is 32.2 Å². The van der Waals surface area contributed by atoms with Crippen molar-refractivity contribution >= 4 is 5.82 Å². The van der Waals surface area contributed by atoms with Crippen molar-refractivity contribution in [1.29, 1.82) is 0 Å². The van der Waals surface area contributed by atoms with E-state index in [1.165, 1.54) is 0 Å². The number of nitrogens with one attached hydrogen (secondary N) is 1.